The van der Waals surface area contributed by atoms with E-state index in [4.69, 9.17) is 0 Å². The summed E-state index contributed by atoms with van der Waals surface area (Å²) in [6.45, 7) is 4.61. The lowest BCUT2D eigenvalue weighted by atomic mass is 10.0. The molecule has 0 fully saturated rings. The lowest BCUT2D eigenvalue weighted by Crippen LogP contribution is -2.23. The van der Waals surface area contributed by atoms with Crippen molar-refractivity contribution in [3.63, 3.8) is 0 Å². The van der Waals surface area contributed by atoms with Crippen LogP contribution in [0.25, 0.3) is 10.8 Å². The molecule has 3 aromatic rings. The van der Waals surface area contributed by atoms with Gasteiger partial charge in [-0.2, -0.15) is 5.10 Å². The molecule has 0 radical (unpaired) electrons. The van der Waals surface area contributed by atoms with Crippen LogP contribution >= 0.6 is 0 Å². The standard InChI is InChI=1S/C18H19N3O/c1-12(2)16-10-17(21-20-16)18(22)19-11-14-8-5-7-13-6-3-4-9-15(13)14/h3-10,12H,11H2,1-2H3,(H,19,22)(H,20,21). The van der Waals surface area contributed by atoms with Crippen LogP contribution in [0.5, 0.6) is 0 Å². The Hall–Kier alpha value is -2.62. The fourth-order valence-corrected chi connectivity index (χ4v) is 2.46. The fourth-order valence-electron chi connectivity index (χ4n) is 2.46. The van der Waals surface area contributed by atoms with Crippen LogP contribution in [0, 0.1) is 0 Å². The predicted octanol–water partition coefficient (Wildman–Crippen LogP) is 3.62. The maximum Gasteiger partial charge on any atom is 0.272 e. The van der Waals surface area contributed by atoms with Gasteiger partial charge in [0.05, 0.1) is 0 Å². The predicted molar refractivity (Wildman–Crippen MR) is 87.8 cm³/mol. The molecule has 22 heavy (non-hydrogen) atoms. The summed E-state index contributed by atoms with van der Waals surface area (Å²) in [6, 6.07) is 16.1. The van der Waals surface area contributed by atoms with Gasteiger partial charge in [-0.05, 0) is 28.3 Å². The molecule has 0 aliphatic heterocycles. The van der Waals surface area contributed by atoms with Crippen molar-refractivity contribution in [2.24, 2.45) is 0 Å². The number of H-pyrrole nitrogens is 1. The van der Waals surface area contributed by atoms with Gasteiger partial charge in [0.25, 0.3) is 5.91 Å². The number of nitrogens with zero attached hydrogens (tertiary/aromatic N) is 1. The molecule has 0 aliphatic carbocycles. The van der Waals surface area contributed by atoms with Crippen molar-refractivity contribution in [2.75, 3.05) is 0 Å². The van der Waals surface area contributed by atoms with Crippen molar-refractivity contribution in [2.45, 2.75) is 26.3 Å². The minimum absolute atomic E-state index is 0.156. The topological polar surface area (TPSA) is 57.8 Å². The van der Waals surface area contributed by atoms with Crippen molar-refractivity contribution in [1.82, 2.24) is 15.5 Å². The maximum absolute atomic E-state index is 12.2. The average molecular weight is 293 g/mol. The molecule has 112 valence electrons. The van der Waals surface area contributed by atoms with E-state index in [1.807, 2.05) is 30.3 Å². The smallest absolute Gasteiger partial charge is 0.272 e. The Bertz CT molecular complexity index is 799. The van der Waals surface area contributed by atoms with Gasteiger partial charge in [0.2, 0.25) is 0 Å². The Balaban J connectivity index is 1.74. The summed E-state index contributed by atoms with van der Waals surface area (Å²) in [4.78, 5) is 12.2. The normalized spacial score (nSPS) is 11.0. The number of benzene rings is 2. The average Bonchev–Trinajstić information content (AvgIpc) is 3.03. The van der Waals surface area contributed by atoms with Crippen LogP contribution < -0.4 is 5.32 Å². The molecule has 0 saturated carbocycles. The number of hydrogen-bond donors (Lipinski definition) is 2. The molecule has 0 spiro atoms. The van der Waals surface area contributed by atoms with E-state index in [1.54, 1.807) is 0 Å². The third-order valence-corrected chi connectivity index (χ3v) is 3.77. The molecule has 0 atom stereocenters. The lowest BCUT2D eigenvalue weighted by Gasteiger charge is -2.07. The highest BCUT2D eigenvalue weighted by molar-refractivity contribution is 5.93. The highest BCUT2D eigenvalue weighted by Crippen LogP contribution is 2.18. The van der Waals surface area contributed by atoms with Gasteiger partial charge >= 0.3 is 0 Å². The molecule has 4 nitrogen and oxygen atoms in total. The Morgan fingerprint density at radius 1 is 1.18 bits per heavy atom. The van der Waals surface area contributed by atoms with Crippen LogP contribution in [0.3, 0.4) is 0 Å². The van der Waals surface area contributed by atoms with Crippen LogP contribution in [-0.4, -0.2) is 16.1 Å². The number of nitrogens with one attached hydrogen (secondary N) is 2. The monoisotopic (exact) mass is 293 g/mol. The molecule has 1 amide bonds. The summed E-state index contributed by atoms with van der Waals surface area (Å²) in [5.74, 6) is 0.170. The maximum atomic E-state index is 12.2. The summed E-state index contributed by atoms with van der Waals surface area (Å²) in [6.07, 6.45) is 0. The van der Waals surface area contributed by atoms with Crippen LogP contribution in [-0.2, 0) is 6.54 Å². The van der Waals surface area contributed by atoms with Crippen LogP contribution in [0.1, 0.15) is 41.5 Å². The zero-order valence-corrected chi connectivity index (χ0v) is 12.8. The largest absolute Gasteiger partial charge is 0.347 e. The molecule has 3 rings (SSSR count). The second kappa shape index (κ2) is 6.02. The van der Waals surface area contributed by atoms with Crippen molar-refractivity contribution >= 4 is 16.7 Å². The first-order valence-electron chi connectivity index (χ1n) is 7.45. The number of aromatic amines is 1. The van der Waals surface area contributed by atoms with E-state index in [2.05, 4.69) is 47.6 Å². The molecule has 0 unspecified atom stereocenters. The second-order valence-corrected chi connectivity index (χ2v) is 5.68. The van der Waals surface area contributed by atoms with E-state index in [0.29, 0.717) is 18.2 Å². The fraction of sp³-hybridized carbons (Fsp3) is 0.222. The number of carbonyl (C=O) groups excluding carboxylic acids is 1. The number of hydrogen-bond acceptors (Lipinski definition) is 2. The third-order valence-electron chi connectivity index (χ3n) is 3.77. The Kier molecular flexibility index (Phi) is 3.92. The number of amides is 1. The highest BCUT2D eigenvalue weighted by atomic mass is 16.1. The van der Waals surface area contributed by atoms with E-state index in [-0.39, 0.29) is 5.91 Å². The molecule has 1 heterocycles. The molecule has 0 bridgehead atoms. The van der Waals surface area contributed by atoms with Crippen LogP contribution in [0.4, 0.5) is 0 Å². The first-order chi connectivity index (χ1) is 10.6. The number of aromatic nitrogens is 2. The minimum atomic E-state index is -0.156. The molecule has 0 saturated heterocycles. The Morgan fingerprint density at radius 2 is 1.95 bits per heavy atom. The SMILES string of the molecule is CC(C)c1cc(C(=O)NCc2cccc3ccccc23)n[nH]1. The van der Waals surface area contributed by atoms with Gasteiger partial charge < -0.3 is 5.32 Å². The summed E-state index contributed by atoms with van der Waals surface area (Å²) in [5.41, 5.74) is 2.50. The minimum Gasteiger partial charge on any atom is -0.347 e. The van der Waals surface area contributed by atoms with E-state index in [0.717, 1.165) is 16.6 Å². The van der Waals surface area contributed by atoms with Gasteiger partial charge in [0.1, 0.15) is 5.69 Å². The first kappa shape index (κ1) is 14.3. The molecule has 4 heteroatoms. The van der Waals surface area contributed by atoms with E-state index in [9.17, 15) is 4.79 Å². The summed E-state index contributed by atoms with van der Waals surface area (Å²) in [5, 5.41) is 12.3. The zero-order chi connectivity index (χ0) is 15.5. The van der Waals surface area contributed by atoms with Crippen molar-refractivity contribution in [1.29, 1.82) is 0 Å². The quantitative estimate of drug-likeness (QED) is 0.772. The molecule has 2 aromatic carbocycles. The van der Waals surface area contributed by atoms with Gasteiger partial charge in [-0.15, -0.1) is 0 Å². The van der Waals surface area contributed by atoms with Gasteiger partial charge in [0.15, 0.2) is 0 Å². The van der Waals surface area contributed by atoms with E-state index < -0.39 is 0 Å². The summed E-state index contributed by atoms with van der Waals surface area (Å²) >= 11 is 0. The second-order valence-electron chi connectivity index (χ2n) is 5.68. The van der Waals surface area contributed by atoms with Crippen molar-refractivity contribution in [3.05, 3.63) is 65.5 Å². The third kappa shape index (κ3) is 2.86. The first-order valence-corrected chi connectivity index (χ1v) is 7.45. The molecular formula is C18H19N3O. The summed E-state index contributed by atoms with van der Waals surface area (Å²) < 4.78 is 0. The van der Waals surface area contributed by atoms with Crippen LogP contribution in [0.2, 0.25) is 0 Å². The Labute approximate surface area is 129 Å². The van der Waals surface area contributed by atoms with Crippen LogP contribution in [0.15, 0.2) is 48.5 Å². The molecule has 1 aromatic heterocycles. The molecular weight excluding hydrogens is 274 g/mol. The molecule has 2 N–H and O–H groups in total. The van der Waals surface area contributed by atoms with Gasteiger partial charge in [-0.25, -0.2) is 0 Å². The van der Waals surface area contributed by atoms with E-state index >= 15 is 0 Å². The number of carbonyl (C=O) groups is 1. The molecule has 0 aliphatic rings. The number of fused-ring (bicyclic) bond motifs is 1. The van der Waals surface area contributed by atoms with Gasteiger partial charge in [-0.1, -0.05) is 56.3 Å². The van der Waals surface area contributed by atoms with Gasteiger partial charge in [0, 0.05) is 12.2 Å². The van der Waals surface area contributed by atoms with E-state index in [1.165, 1.54) is 5.39 Å². The van der Waals surface area contributed by atoms with Crippen molar-refractivity contribution in [3.8, 4) is 0 Å². The lowest BCUT2D eigenvalue weighted by molar-refractivity contribution is 0.0946. The zero-order valence-electron chi connectivity index (χ0n) is 12.8. The highest BCUT2D eigenvalue weighted by Gasteiger charge is 2.12. The summed E-state index contributed by atoms with van der Waals surface area (Å²) in [7, 11) is 0. The Morgan fingerprint density at radius 3 is 2.73 bits per heavy atom. The van der Waals surface area contributed by atoms with Crippen molar-refractivity contribution < 1.29 is 4.79 Å². The van der Waals surface area contributed by atoms with Gasteiger partial charge in [-0.3, -0.25) is 9.89 Å². The number of rotatable bonds is 4.